The lowest BCUT2D eigenvalue weighted by Crippen LogP contribution is -2.14. The molecule has 4 unspecified atom stereocenters. The lowest BCUT2D eigenvalue weighted by atomic mass is 10.1. The average molecular weight is 655 g/mol. The Morgan fingerprint density at radius 1 is 0.775 bits per heavy atom. The van der Waals surface area contributed by atoms with Crippen molar-refractivity contribution < 1.29 is 19.1 Å². The first-order valence-electron chi connectivity index (χ1n) is 13.3. The molecule has 1 aromatic rings. The van der Waals surface area contributed by atoms with Crippen LogP contribution >= 0.6 is 70.6 Å². The summed E-state index contributed by atoms with van der Waals surface area (Å²) < 4.78 is 11.4. The van der Waals surface area contributed by atoms with Crippen molar-refractivity contribution >= 4 is 82.5 Å². The van der Waals surface area contributed by atoms with E-state index in [1.807, 2.05) is 70.6 Å². The Morgan fingerprint density at radius 2 is 1.15 bits per heavy atom. The molecule has 4 nitrogen and oxygen atoms in total. The Labute approximate surface area is 265 Å². The van der Waals surface area contributed by atoms with Crippen molar-refractivity contribution in [3.8, 4) is 0 Å². The van der Waals surface area contributed by atoms with Gasteiger partial charge in [0.25, 0.3) is 0 Å². The van der Waals surface area contributed by atoms with Gasteiger partial charge in [-0.05, 0) is 59.8 Å². The third-order valence-corrected chi connectivity index (χ3v) is 15.4. The summed E-state index contributed by atoms with van der Waals surface area (Å²) in [6, 6.07) is 8.98. The van der Waals surface area contributed by atoms with Gasteiger partial charge in [0.1, 0.15) is 13.2 Å². The highest BCUT2D eigenvalue weighted by Gasteiger charge is 2.31. The number of esters is 2. The van der Waals surface area contributed by atoms with E-state index in [0.29, 0.717) is 34.2 Å². The fourth-order valence-corrected chi connectivity index (χ4v) is 13.3. The highest BCUT2D eigenvalue weighted by molar-refractivity contribution is 8.24. The molecule has 0 aromatic heterocycles. The zero-order chi connectivity index (χ0) is 29.1. The molecule has 10 heteroatoms. The number of hydrogen-bond donors (Lipinski definition) is 0. The Morgan fingerprint density at radius 3 is 1.48 bits per heavy atom. The van der Waals surface area contributed by atoms with Gasteiger partial charge in [0.2, 0.25) is 0 Å². The third kappa shape index (κ3) is 10.2. The van der Waals surface area contributed by atoms with Crippen LogP contribution in [0.4, 0.5) is 0 Å². The van der Waals surface area contributed by atoms with E-state index < -0.39 is 0 Å². The number of benzene rings is 1. The molecule has 3 rings (SSSR count). The van der Waals surface area contributed by atoms with E-state index in [-0.39, 0.29) is 11.9 Å². The zero-order valence-corrected chi connectivity index (χ0v) is 28.4. The molecule has 2 heterocycles. The van der Waals surface area contributed by atoms with Crippen molar-refractivity contribution in [2.45, 2.75) is 59.5 Å². The topological polar surface area (TPSA) is 52.6 Å². The van der Waals surface area contributed by atoms with Gasteiger partial charge in [-0.15, -0.1) is 70.6 Å². The smallest absolute Gasteiger partial charge is 0.330 e. The number of thioether (sulfide) groups is 6. The summed E-state index contributed by atoms with van der Waals surface area (Å²) in [5, 5.41) is 0. The number of ether oxygens (including phenoxy) is 2. The Kier molecular flexibility index (Phi) is 14.6. The van der Waals surface area contributed by atoms with Crippen LogP contribution in [-0.2, 0) is 19.1 Å². The van der Waals surface area contributed by atoms with Gasteiger partial charge in [0, 0.05) is 43.3 Å². The summed E-state index contributed by atoms with van der Waals surface area (Å²) in [7, 11) is 0. The van der Waals surface area contributed by atoms with Gasteiger partial charge in [-0.1, -0.05) is 39.8 Å². The van der Waals surface area contributed by atoms with Crippen LogP contribution in [0, 0.1) is 11.8 Å². The summed E-state index contributed by atoms with van der Waals surface area (Å²) in [6.07, 6.45) is 4.65. The van der Waals surface area contributed by atoms with Crippen LogP contribution in [0.25, 0.3) is 0 Å². The maximum absolute atomic E-state index is 11.4. The normalized spacial score (nSPS) is 20.4. The van der Waals surface area contributed by atoms with Gasteiger partial charge >= 0.3 is 11.9 Å². The number of carbonyl (C=O) groups excluding carboxylic acids is 2. The van der Waals surface area contributed by atoms with E-state index >= 15 is 0 Å². The molecule has 0 saturated heterocycles. The average Bonchev–Trinajstić information content (AvgIpc) is 3.52. The molecule has 2 aliphatic rings. The van der Waals surface area contributed by atoms with Crippen molar-refractivity contribution in [1.82, 2.24) is 0 Å². The summed E-state index contributed by atoms with van der Waals surface area (Å²) in [5.41, 5.74) is 0. The predicted octanol–water partition coefficient (Wildman–Crippen LogP) is 9.46. The van der Waals surface area contributed by atoms with Crippen LogP contribution in [0.5, 0.6) is 0 Å². The van der Waals surface area contributed by atoms with Gasteiger partial charge < -0.3 is 9.47 Å². The monoisotopic (exact) mass is 654 g/mol. The Bertz CT molecular complexity index is 1030. The van der Waals surface area contributed by atoms with Crippen molar-refractivity contribution in [2.24, 2.45) is 11.8 Å². The highest BCUT2D eigenvalue weighted by Crippen LogP contribution is 2.51. The minimum atomic E-state index is -0.370. The molecule has 0 N–H and O–H groups in total. The second-order valence-corrected chi connectivity index (χ2v) is 17.2. The second-order valence-electron chi connectivity index (χ2n) is 9.22. The zero-order valence-electron chi connectivity index (χ0n) is 23.5. The lowest BCUT2D eigenvalue weighted by Gasteiger charge is -2.21. The standard InChI is InChI=1S/C30H38O4S6/c1-7-21(29-37-19(5)25(39-29)15-33-27(31)9-3)17-35-23-11-13-24(14-12-23)36-18-22(8-2)30-38-20(6)26(40-30)16-34-28(32)10-4/h9-14,21-22,29-30H,3-4,7-8,15-18H2,1-2,5-6H3. The van der Waals surface area contributed by atoms with Crippen molar-refractivity contribution in [2.75, 3.05) is 24.7 Å². The molecule has 0 fully saturated rings. The predicted molar refractivity (Wildman–Crippen MR) is 181 cm³/mol. The Hall–Kier alpha value is -0.780. The quantitative estimate of drug-likeness (QED) is 0.0979. The number of hydrogen-bond acceptors (Lipinski definition) is 10. The van der Waals surface area contributed by atoms with Crippen molar-refractivity contribution in [3.63, 3.8) is 0 Å². The minimum Gasteiger partial charge on any atom is -0.457 e. The van der Waals surface area contributed by atoms with Gasteiger partial charge in [0.15, 0.2) is 0 Å². The molecular weight excluding hydrogens is 617 g/mol. The molecule has 4 atom stereocenters. The Balaban J connectivity index is 1.44. The van der Waals surface area contributed by atoms with E-state index in [4.69, 9.17) is 9.47 Å². The number of allylic oxidation sites excluding steroid dienone is 2. The molecule has 2 aliphatic heterocycles. The fourth-order valence-electron chi connectivity index (χ4n) is 3.84. The maximum Gasteiger partial charge on any atom is 0.330 e. The van der Waals surface area contributed by atoms with Crippen LogP contribution in [0.15, 0.2) is 79.0 Å². The second kappa shape index (κ2) is 17.4. The molecular formula is C30H38O4S6. The van der Waals surface area contributed by atoms with E-state index in [0.717, 1.165) is 34.2 Å². The van der Waals surface area contributed by atoms with Crippen LogP contribution in [-0.4, -0.2) is 45.8 Å². The van der Waals surface area contributed by atoms with Crippen LogP contribution in [0.2, 0.25) is 0 Å². The largest absolute Gasteiger partial charge is 0.457 e. The maximum atomic E-state index is 11.4. The first-order chi connectivity index (χ1) is 19.3. The molecule has 1 aromatic carbocycles. The molecule has 0 radical (unpaired) electrons. The summed E-state index contributed by atoms with van der Waals surface area (Å²) in [6.45, 7) is 16.4. The number of rotatable bonds is 16. The summed E-state index contributed by atoms with van der Waals surface area (Å²) >= 11 is 11.4. The molecule has 0 spiro atoms. The van der Waals surface area contributed by atoms with E-state index in [9.17, 15) is 9.59 Å². The van der Waals surface area contributed by atoms with Crippen molar-refractivity contribution in [3.05, 3.63) is 69.2 Å². The van der Waals surface area contributed by atoms with Gasteiger partial charge in [-0.2, -0.15) is 0 Å². The third-order valence-electron chi connectivity index (χ3n) is 6.48. The molecule has 0 aliphatic carbocycles. The first kappa shape index (κ1) is 33.7. The van der Waals surface area contributed by atoms with E-state index in [1.54, 1.807) is 0 Å². The van der Waals surface area contributed by atoms with Crippen LogP contribution < -0.4 is 0 Å². The minimum absolute atomic E-state index is 0.340. The van der Waals surface area contributed by atoms with E-state index in [1.165, 1.54) is 31.8 Å². The molecule has 40 heavy (non-hydrogen) atoms. The summed E-state index contributed by atoms with van der Waals surface area (Å²) in [5.74, 6) is 2.50. The lowest BCUT2D eigenvalue weighted by molar-refractivity contribution is -0.137. The SMILES string of the molecule is C=CC(=O)OCC1=C(C)SC(C(CC)CSc2ccc(SCC(CC)C3SC(C)=C(COC(=O)C=C)S3)cc2)S1. The number of carbonyl (C=O) groups is 2. The van der Waals surface area contributed by atoms with Gasteiger partial charge in [-0.25, -0.2) is 9.59 Å². The fraction of sp³-hybridized carbons (Fsp3) is 0.467. The van der Waals surface area contributed by atoms with Crippen LogP contribution in [0.1, 0.15) is 40.5 Å². The first-order valence-corrected chi connectivity index (χ1v) is 18.8. The molecule has 0 saturated carbocycles. The molecule has 0 bridgehead atoms. The van der Waals surface area contributed by atoms with Gasteiger partial charge in [-0.3, -0.25) is 0 Å². The molecule has 0 amide bonds. The highest BCUT2D eigenvalue weighted by atomic mass is 32.2. The summed E-state index contributed by atoms with van der Waals surface area (Å²) in [4.78, 5) is 30.3. The van der Waals surface area contributed by atoms with E-state index in [2.05, 4.69) is 65.1 Å². The molecule has 218 valence electrons. The van der Waals surface area contributed by atoms with Crippen LogP contribution in [0.3, 0.4) is 0 Å². The van der Waals surface area contributed by atoms with Gasteiger partial charge in [0.05, 0.1) is 9.16 Å². The van der Waals surface area contributed by atoms with Crippen molar-refractivity contribution in [1.29, 1.82) is 0 Å².